The molecule has 3 heterocycles. The summed E-state index contributed by atoms with van der Waals surface area (Å²) in [7, 11) is 0. The summed E-state index contributed by atoms with van der Waals surface area (Å²) in [6, 6.07) is 3.55. The first-order valence-electron chi connectivity index (χ1n) is 8.10. The van der Waals surface area contributed by atoms with Crippen molar-refractivity contribution in [1.29, 1.82) is 0 Å². The van der Waals surface area contributed by atoms with Crippen LogP contribution in [-0.2, 0) is 4.79 Å². The molecule has 120 valence electrons. The first-order chi connectivity index (χ1) is 11.2. The number of carbonyl (C=O) groups excluding carboxylic acids is 2. The van der Waals surface area contributed by atoms with E-state index in [9.17, 15) is 9.59 Å². The molecule has 2 aliphatic rings. The van der Waals surface area contributed by atoms with Crippen molar-refractivity contribution in [3.63, 3.8) is 0 Å². The van der Waals surface area contributed by atoms with Gasteiger partial charge in [0.15, 0.2) is 5.65 Å². The first kappa shape index (κ1) is 14.2. The summed E-state index contributed by atoms with van der Waals surface area (Å²) in [5.41, 5.74) is 1.06. The number of piperidine rings is 1. The van der Waals surface area contributed by atoms with Gasteiger partial charge in [0.2, 0.25) is 5.91 Å². The Labute approximate surface area is 133 Å². The van der Waals surface area contributed by atoms with E-state index in [1.165, 1.54) is 0 Å². The van der Waals surface area contributed by atoms with E-state index in [-0.39, 0.29) is 23.8 Å². The molecule has 2 fully saturated rings. The van der Waals surface area contributed by atoms with Crippen molar-refractivity contribution in [3.05, 3.63) is 30.2 Å². The monoisotopic (exact) mass is 313 g/mol. The van der Waals surface area contributed by atoms with E-state index in [0.29, 0.717) is 17.8 Å². The third kappa shape index (κ3) is 2.78. The highest BCUT2D eigenvalue weighted by molar-refractivity contribution is 5.99. The van der Waals surface area contributed by atoms with Crippen LogP contribution in [0.4, 0.5) is 0 Å². The topological polar surface area (TPSA) is 79.6 Å². The summed E-state index contributed by atoms with van der Waals surface area (Å²) in [5, 5.41) is 10.9. The van der Waals surface area contributed by atoms with Gasteiger partial charge in [-0.25, -0.2) is 0 Å². The molecule has 1 saturated carbocycles. The Morgan fingerprint density at radius 1 is 1.26 bits per heavy atom. The third-order valence-electron chi connectivity index (χ3n) is 4.56. The number of amides is 2. The second-order valence-electron chi connectivity index (χ2n) is 6.35. The molecule has 1 N–H and O–H groups in total. The smallest absolute Gasteiger partial charge is 0.255 e. The molecule has 0 spiro atoms. The molecule has 7 heteroatoms. The van der Waals surface area contributed by atoms with Crippen LogP contribution in [-0.4, -0.2) is 50.4 Å². The molecule has 0 radical (unpaired) electrons. The maximum Gasteiger partial charge on any atom is 0.255 e. The Kier molecular flexibility index (Phi) is 3.48. The number of likely N-dealkylation sites (tertiary alicyclic amines) is 1. The number of aromatic nitrogens is 3. The van der Waals surface area contributed by atoms with Crippen molar-refractivity contribution >= 4 is 17.5 Å². The van der Waals surface area contributed by atoms with Crippen molar-refractivity contribution < 1.29 is 9.59 Å². The number of nitrogens with one attached hydrogen (secondary N) is 1. The van der Waals surface area contributed by atoms with Gasteiger partial charge in [-0.1, -0.05) is 0 Å². The lowest BCUT2D eigenvalue weighted by atomic mass is 10.0. The Morgan fingerprint density at radius 3 is 2.96 bits per heavy atom. The highest BCUT2D eigenvalue weighted by atomic mass is 16.2. The summed E-state index contributed by atoms with van der Waals surface area (Å²) in [4.78, 5) is 26.7. The summed E-state index contributed by atoms with van der Waals surface area (Å²) >= 11 is 0. The molecule has 2 amide bonds. The van der Waals surface area contributed by atoms with Crippen LogP contribution >= 0.6 is 0 Å². The van der Waals surface area contributed by atoms with Crippen molar-refractivity contribution in [2.75, 3.05) is 13.1 Å². The lowest BCUT2D eigenvalue weighted by Crippen LogP contribution is -2.50. The normalized spacial score (nSPS) is 21.4. The largest absolute Gasteiger partial charge is 0.347 e. The average molecular weight is 313 g/mol. The van der Waals surface area contributed by atoms with E-state index >= 15 is 0 Å². The average Bonchev–Trinajstić information content (AvgIpc) is 3.31. The summed E-state index contributed by atoms with van der Waals surface area (Å²) in [6.45, 7) is 1.42. The van der Waals surface area contributed by atoms with Gasteiger partial charge in [0, 0.05) is 31.2 Å². The van der Waals surface area contributed by atoms with E-state index < -0.39 is 0 Å². The van der Waals surface area contributed by atoms with E-state index in [0.717, 1.165) is 32.2 Å². The Balaban J connectivity index is 1.45. The number of fused-ring (bicyclic) bond motifs is 1. The Hall–Kier alpha value is -2.44. The van der Waals surface area contributed by atoms with E-state index in [1.807, 2.05) is 11.1 Å². The van der Waals surface area contributed by atoms with Crippen LogP contribution in [0.2, 0.25) is 0 Å². The predicted octanol–water partition coefficient (Wildman–Crippen LogP) is 0.860. The number of pyridine rings is 1. The second kappa shape index (κ2) is 5.64. The number of hydrogen-bond donors (Lipinski definition) is 1. The maximum atomic E-state index is 12.6. The molecule has 1 atom stereocenters. The summed E-state index contributed by atoms with van der Waals surface area (Å²) < 4.78 is 1.72. The molecule has 1 aliphatic heterocycles. The van der Waals surface area contributed by atoms with E-state index in [1.54, 1.807) is 22.9 Å². The zero-order valence-corrected chi connectivity index (χ0v) is 12.8. The fraction of sp³-hybridized carbons (Fsp3) is 0.500. The molecule has 0 aromatic carbocycles. The van der Waals surface area contributed by atoms with E-state index in [4.69, 9.17) is 0 Å². The quantitative estimate of drug-likeness (QED) is 0.911. The SMILES string of the molecule is O=C(N[C@H]1CCCN(C(=O)C2CC2)C1)c1cccn2cnnc12. The van der Waals surface area contributed by atoms with Crippen molar-refractivity contribution in [1.82, 2.24) is 24.8 Å². The van der Waals surface area contributed by atoms with Gasteiger partial charge in [-0.2, -0.15) is 0 Å². The summed E-state index contributed by atoms with van der Waals surface area (Å²) in [5.74, 6) is 0.326. The summed E-state index contributed by atoms with van der Waals surface area (Å²) in [6.07, 6.45) is 7.24. The van der Waals surface area contributed by atoms with Crippen LogP contribution in [0, 0.1) is 5.92 Å². The minimum atomic E-state index is -0.158. The second-order valence-corrected chi connectivity index (χ2v) is 6.35. The standard InChI is InChI=1S/C16H19N5O2/c22-15(13-4-2-8-21-10-17-19-14(13)21)18-12-3-1-7-20(9-12)16(23)11-5-6-11/h2,4,8,10-12H,1,3,5-7,9H2,(H,18,22)/t12-/m0/s1. The molecule has 4 rings (SSSR count). The maximum absolute atomic E-state index is 12.6. The molecular formula is C16H19N5O2. The van der Waals surface area contributed by atoms with Crippen LogP contribution in [0.5, 0.6) is 0 Å². The van der Waals surface area contributed by atoms with E-state index in [2.05, 4.69) is 15.5 Å². The Morgan fingerprint density at radius 2 is 2.13 bits per heavy atom. The fourth-order valence-electron chi connectivity index (χ4n) is 3.18. The van der Waals surface area contributed by atoms with Crippen LogP contribution < -0.4 is 5.32 Å². The molecule has 1 aliphatic carbocycles. The Bertz CT molecular complexity index is 752. The number of hydrogen-bond acceptors (Lipinski definition) is 4. The molecule has 2 aromatic heterocycles. The van der Waals surface area contributed by atoms with Crippen LogP contribution in [0.25, 0.3) is 5.65 Å². The molecule has 0 unspecified atom stereocenters. The molecule has 0 bridgehead atoms. The molecule has 1 saturated heterocycles. The van der Waals surface area contributed by atoms with Crippen LogP contribution in [0.15, 0.2) is 24.7 Å². The highest BCUT2D eigenvalue weighted by Gasteiger charge is 2.35. The lowest BCUT2D eigenvalue weighted by molar-refractivity contribution is -0.133. The minimum absolute atomic E-state index is 0.00197. The highest BCUT2D eigenvalue weighted by Crippen LogP contribution is 2.31. The van der Waals surface area contributed by atoms with Gasteiger partial charge >= 0.3 is 0 Å². The number of nitrogens with zero attached hydrogens (tertiary/aromatic N) is 4. The fourth-order valence-corrected chi connectivity index (χ4v) is 3.18. The van der Waals surface area contributed by atoms with Gasteiger partial charge in [-0.15, -0.1) is 10.2 Å². The predicted molar refractivity (Wildman–Crippen MR) is 82.8 cm³/mol. The van der Waals surface area contributed by atoms with Crippen molar-refractivity contribution in [2.24, 2.45) is 5.92 Å². The molecule has 23 heavy (non-hydrogen) atoms. The van der Waals surface area contributed by atoms with Gasteiger partial charge in [0.25, 0.3) is 5.91 Å². The van der Waals surface area contributed by atoms with Gasteiger partial charge in [-0.3, -0.25) is 14.0 Å². The molecular weight excluding hydrogens is 294 g/mol. The van der Waals surface area contributed by atoms with Crippen molar-refractivity contribution in [3.8, 4) is 0 Å². The van der Waals surface area contributed by atoms with Crippen LogP contribution in [0.3, 0.4) is 0 Å². The zero-order chi connectivity index (χ0) is 15.8. The minimum Gasteiger partial charge on any atom is -0.347 e. The number of rotatable bonds is 3. The zero-order valence-electron chi connectivity index (χ0n) is 12.8. The lowest BCUT2D eigenvalue weighted by Gasteiger charge is -2.33. The first-order valence-corrected chi connectivity index (χ1v) is 8.10. The van der Waals surface area contributed by atoms with Crippen molar-refractivity contribution in [2.45, 2.75) is 31.7 Å². The van der Waals surface area contributed by atoms with Gasteiger partial charge in [-0.05, 0) is 37.8 Å². The van der Waals surface area contributed by atoms with Gasteiger partial charge in [0.1, 0.15) is 6.33 Å². The molecule has 2 aromatic rings. The van der Waals surface area contributed by atoms with Gasteiger partial charge < -0.3 is 10.2 Å². The number of carbonyl (C=O) groups is 2. The molecule has 7 nitrogen and oxygen atoms in total. The third-order valence-corrected chi connectivity index (χ3v) is 4.56. The van der Waals surface area contributed by atoms with Gasteiger partial charge in [0.05, 0.1) is 5.56 Å². The van der Waals surface area contributed by atoms with Crippen LogP contribution in [0.1, 0.15) is 36.0 Å².